The molecule has 0 saturated carbocycles. The second-order valence-electron chi connectivity index (χ2n) is 5.55. The molecule has 1 amide bonds. The highest BCUT2D eigenvalue weighted by Crippen LogP contribution is 2.39. The molecule has 0 aromatic heterocycles. The Balaban J connectivity index is 3.35. The van der Waals surface area contributed by atoms with Crippen molar-refractivity contribution >= 4 is 12.1 Å². The summed E-state index contributed by atoms with van der Waals surface area (Å²) in [6.45, 7) is 4.35. The number of nitrogens with one attached hydrogen (secondary N) is 1. The minimum atomic E-state index is -5.27. The maximum absolute atomic E-state index is 13.5. The molecule has 0 bridgehead atoms. The zero-order valence-corrected chi connectivity index (χ0v) is 12.2. The number of alkyl halides is 3. The van der Waals surface area contributed by atoms with Crippen molar-refractivity contribution in [3.63, 3.8) is 0 Å². The number of benzene rings is 1. The molecule has 0 aliphatic carbocycles. The molecule has 122 valence electrons. The smallest absolute Gasteiger partial charge is 0.426 e. The van der Waals surface area contributed by atoms with E-state index in [1.54, 1.807) is 0 Å². The summed E-state index contributed by atoms with van der Waals surface area (Å²) >= 11 is 0. The molecule has 0 fully saturated rings. The van der Waals surface area contributed by atoms with Gasteiger partial charge in [0.25, 0.3) is 5.54 Å². The Morgan fingerprint density at radius 1 is 1.09 bits per heavy atom. The predicted octanol–water partition coefficient (Wildman–Crippen LogP) is 3.05. The number of carboxylic acids is 1. The number of carboxylic acid groups (broad SMARTS) is 1. The average Bonchev–Trinajstić information content (AvgIpc) is 2.32. The molecule has 0 aliphatic rings. The van der Waals surface area contributed by atoms with E-state index < -0.39 is 34.9 Å². The van der Waals surface area contributed by atoms with Gasteiger partial charge < -0.3 is 9.84 Å². The molecule has 8 heteroatoms. The molecular formula is C14H16F3NO4. The van der Waals surface area contributed by atoms with E-state index in [2.05, 4.69) is 0 Å². The van der Waals surface area contributed by atoms with Gasteiger partial charge in [0.05, 0.1) is 0 Å². The Morgan fingerprint density at radius 3 is 1.95 bits per heavy atom. The molecule has 1 aromatic rings. The van der Waals surface area contributed by atoms with Gasteiger partial charge in [-0.05, 0) is 26.3 Å². The van der Waals surface area contributed by atoms with Gasteiger partial charge in [-0.25, -0.2) is 9.59 Å². The fourth-order valence-electron chi connectivity index (χ4n) is 1.75. The zero-order valence-electron chi connectivity index (χ0n) is 12.2. The summed E-state index contributed by atoms with van der Waals surface area (Å²) in [5.41, 5.74) is -5.28. The van der Waals surface area contributed by atoms with Gasteiger partial charge >= 0.3 is 18.2 Å². The van der Waals surface area contributed by atoms with Crippen molar-refractivity contribution in [2.75, 3.05) is 0 Å². The molecule has 0 heterocycles. The van der Waals surface area contributed by atoms with E-state index in [0.717, 1.165) is 12.1 Å². The van der Waals surface area contributed by atoms with Gasteiger partial charge in [0.2, 0.25) is 0 Å². The Labute approximate surface area is 125 Å². The number of alkyl carbamates (subject to hydrolysis) is 1. The molecule has 2 N–H and O–H groups in total. The third-order valence-electron chi connectivity index (χ3n) is 2.64. The van der Waals surface area contributed by atoms with Gasteiger partial charge in [-0.3, -0.25) is 5.32 Å². The lowest BCUT2D eigenvalue weighted by molar-refractivity contribution is -0.212. The van der Waals surface area contributed by atoms with Gasteiger partial charge in [0.1, 0.15) is 5.60 Å². The lowest BCUT2D eigenvalue weighted by Gasteiger charge is -2.33. The molecule has 1 atom stereocenters. The second-order valence-corrected chi connectivity index (χ2v) is 5.55. The van der Waals surface area contributed by atoms with Crippen LogP contribution in [0.2, 0.25) is 0 Å². The molecule has 1 rings (SSSR count). The standard InChI is InChI=1S/C14H16F3NO4/c1-12(2,3)22-11(21)18-13(10(19)20,14(15,16)17)9-7-5-4-6-8-9/h4-8H,1-3H3,(H,18,21)(H,19,20). The number of hydrogen-bond acceptors (Lipinski definition) is 3. The first-order valence-electron chi connectivity index (χ1n) is 6.27. The summed E-state index contributed by atoms with van der Waals surface area (Å²) in [4.78, 5) is 23.1. The van der Waals surface area contributed by atoms with Crippen LogP contribution >= 0.6 is 0 Å². The molecule has 0 aliphatic heterocycles. The SMILES string of the molecule is CC(C)(C)OC(=O)NC(C(=O)O)(c1ccccc1)C(F)(F)F. The van der Waals surface area contributed by atoms with Crippen molar-refractivity contribution in [2.45, 2.75) is 38.1 Å². The number of carbonyl (C=O) groups excluding carboxylic acids is 1. The van der Waals surface area contributed by atoms with Crippen molar-refractivity contribution in [2.24, 2.45) is 0 Å². The summed E-state index contributed by atoms with van der Waals surface area (Å²) in [6.07, 6.45) is -6.74. The summed E-state index contributed by atoms with van der Waals surface area (Å²) < 4.78 is 45.1. The molecule has 0 saturated heterocycles. The number of hydrogen-bond donors (Lipinski definition) is 2. The largest absolute Gasteiger partial charge is 0.479 e. The number of aliphatic carboxylic acids is 1. The van der Waals surface area contributed by atoms with E-state index in [-0.39, 0.29) is 0 Å². The molecule has 0 radical (unpaired) electrons. The molecule has 1 aromatic carbocycles. The molecular weight excluding hydrogens is 303 g/mol. The minimum absolute atomic E-state index is 0.624. The number of halogens is 3. The lowest BCUT2D eigenvalue weighted by Crippen LogP contribution is -2.61. The van der Waals surface area contributed by atoms with E-state index in [1.165, 1.54) is 44.3 Å². The Morgan fingerprint density at radius 2 is 1.59 bits per heavy atom. The molecule has 0 spiro atoms. The molecule has 22 heavy (non-hydrogen) atoms. The maximum Gasteiger partial charge on any atom is 0.426 e. The van der Waals surface area contributed by atoms with E-state index in [9.17, 15) is 22.8 Å². The Hall–Kier alpha value is -2.25. The van der Waals surface area contributed by atoms with Crippen molar-refractivity contribution in [3.8, 4) is 0 Å². The molecule has 5 nitrogen and oxygen atoms in total. The van der Waals surface area contributed by atoms with Gasteiger partial charge in [-0.1, -0.05) is 30.3 Å². The topological polar surface area (TPSA) is 75.6 Å². The Kier molecular flexibility index (Phi) is 4.74. The first kappa shape index (κ1) is 17.8. The molecule has 1 unspecified atom stereocenters. The second kappa shape index (κ2) is 5.86. The fraction of sp³-hybridized carbons (Fsp3) is 0.429. The van der Waals surface area contributed by atoms with Crippen molar-refractivity contribution in [1.29, 1.82) is 0 Å². The first-order valence-corrected chi connectivity index (χ1v) is 6.27. The monoisotopic (exact) mass is 319 g/mol. The summed E-state index contributed by atoms with van der Waals surface area (Å²) in [6, 6.07) is 5.86. The van der Waals surface area contributed by atoms with Crippen LogP contribution in [-0.4, -0.2) is 28.9 Å². The minimum Gasteiger partial charge on any atom is -0.479 e. The Bertz CT molecular complexity index is 551. The van der Waals surface area contributed by atoms with Crippen molar-refractivity contribution in [1.82, 2.24) is 5.32 Å². The fourth-order valence-corrected chi connectivity index (χ4v) is 1.75. The van der Waals surface area contributed by atoms with Crippen LogP contribution in [0.4, 0.5) is 18.0 Å². The van der Waals surface area contributed by atoms with E-state index in [1.807, 2.05) is 0 Å². The van der Waals surface area contributed by atoms with E-state index in [0.29, 0.717) is 0 Å². The maximum atomic E-state index is 13.5. The number of rotatable bonds is 3. The van der Waals surface area contributed by atoms with Gasteiger partial charge in [-0.15, -0.1) is 0 Å². The van der Waals surface area contributed by atoms with Gasteiger partial charge in [0.15, 0.2) is 0 Å². The first-order chi connectivity index (χ1) is 9.90. The van der Waals surface area contributed by atoms with Crippen LogP contribution in [0.1, 0.15) is 26.3 Å². The van der Waals surface area contributed by atoms with Crippen LogP contribution in [0, 0.1) is 0 Å². The zero-order chi connectivity index (χ0) is 17.2. The van der Waals surface area contributed by atoms with Gasteiger partial charge in [-0.2, -0.15) is 13.2 Å². The lowest BCUT2D eigenvalue weighted by atomic mass is 9.89. The van der Waals surface area contributed by atoms with Crippen LogP contribution in [0.5, 0.6) is 0 Å². The normalized spacial score (nSPS) is 14.8. The van der Waals surface area contributed by atoms with Crippen LogP contribution in [-0.2, 0) is 15.1 Å². The quantitative estimate of drug-likeness (QED) is 0.898. The number of ether oxygens (including phenoxy) is 1. The summed E-state index contributed by atoms with van der Waals surface area (Å²) in [5, 5.41) is 10.6. The number of amides is 1. The van der Waals surface area contributed by atoms with Gasteiger partial charge in [0, 0.05) is 0 Å². The van der Waals surface area contributed by atoms with Crippen LogP contribution in [0.25, 0.3) is 0 Å². The van der Waals surface area contributed by atoms with Crippen molar-refractivity contribution < 1.29 is 32.6 Å². The van der Waals surface area contributed by atoms with Crippen LogP contribution in [0.15, 0.2) is 30.3 Å². The van der Waals surface area contributed by atoms with Crippen molar-refractivity contribution in [3.05, 3.63) is 35.9 Å². The summed E-state index contributed by atoms with van der Waals surface area (Å²) in [5.74, 6) is -2.25. The third-order valence-corrected chi connectivity index (χ3v) is 2.64. The van der Waals surface area contributed by atoms with E-state index >= 15 is 0 Å². The highest BCUT2D eigenvalue weighted by atomic mass is 19.4. The average molecular weight is 319 g/mol. The van der Waals surface area contributed by atoms with Crippen LogP contribution in [0.3, 0.4) is 0 Å². The highest BCUT2D eigenvalue weighted by molar-refractivity contribution is 5.87. The van der Waals surface area contributed by atoms with Crippen LogP contribution < -0.4 is 5.32 Å². The third kappa shape index (κ3) is 3.69. The van der Waals surface area contributed by atoms with E-state index in [4.69, 9.17) is 9.84 Å². The number of carbonyl (C=O) groups is 2. The predicted molar refractivity (Wildman–Crippen MR) is 71.2 cm³/mol. The highest BCUT2D eigenvalue weighted by Gasteiger charge is 2.63. The summed E-state index contributed by atoms with van der Waals surface area (Å²) in [7, 11) is 0.